The van der Waals surface area contributed by atoms with E-state index in [1.54, 1.807) is 12.1 Å². The second-order valence-electron chi connectivity index (χ2n) is 3.32. The molecule has 0 unspecified atom stereocenters. The van der Waals surface area contributed by atoms with Crippen LogP contribution in [0.15, 0.2) is 29.2 Å². The van der Waals surface area contributed by atoms with Crippen molar-refractivity contribution in [2.75, 3.05) is 0 Å². The third-order valence-corrected chi connectivity index (χ3v) is 2.34. The molecular weight excluding hydrogens is 194 g/mol. The lowest BCUT2D eigenvalue weighted by molar-refractivity contribution is -0.255. The first-order valence-electron chi connectivity index (χ1n) is 4.43. The molecule has 15 heavy (non-hydrogen) atoms. The maximum absolute atomic E-state index is 11.7. The number of aromatic amines is 1. The fourth-order valence-electron chi connectivity index (χ4n) is 1.56. The number of nitrogens with one attached hydrogen (secondary N) is 1. The van der Waals surface area contributed by atoms with Crippen LogP contribution in [0, 0.1) is 6.92 Å². The number of carbonyl (C=O) groups excluding carboxylic acids is 1. The predicted octanol–water partition coefficient (Wildman–Crippen LogP) is 0.200. The van der Waals surface area contributed by atoms with E-state index in [0.29, 0.717) is 10.9 Å². The molecule has 0 amide bonds. The molecule has 0 bridgehead atoms. The Morgan fingerprint density at radius 1 is 1.40 bits per heavy atom. The first-order chi connectivity index (χ1) is 7.11. The zero-order chi connectivity index (χ0) is 11.0. The lowest BCUT2D eigenvalue weighted by Crippen LogP contribution is -2.29. The number of rotatable bonds is 1. The number of hydrogen-bond acceptors (Lipinski definition) is 3. The van der Waals surface area contributed by atoms with Crippen LogP contribution >= 0.6 is 0 Å². The summed E-state index contributed by atoms with van der Waals surface area (Å²) < 4.78 is 0. The lowest BCUT2D eigenvalue weighted by atomic mass is 10.1. The molecule has 1 N–H and O–H groups in total. The van der Waals surface area contributed by atoms with Crippen molar-refractivity contribution in [3.8, 4) is 0 Å². The van der Waals surface area contributed by atoms with Gasteiger partial charge in [0.2, 0.25) is 0 Å². The minimum Gasteiger partial charge on any atom is -0.545 e. The fraction of sp³-hybridized carbons (Fsp3) is 0.0909. The molecule has 0 aliphatic carbocycles. The van der Waals surface area contributed by atoms with Gasteiger partial charge in [0.05, 0.1) is 17.0 Å². The average Bonchev–Trinajstić information content (AvgIpc) is 2.19. The average molecular weight is 202 g/mol. The summed E-state index contributed by atoms with van der Waals surface area (Å²) in [5.41, 5.74) is 0.711. The highest BCUT2D eigenvalue weighted by atomic mass is 16.4. The van der Waals surface area contributed by atoms with Gasteiger partial charge in [-0.05, 0) is 18.6 Å². The second kappa shape index (κ2) is 3.24. The van der Waals surface area contributed by atoms with Crippen LogP contribution in [-0.4, -0.2) is 11.0 Å². The van der Waals surface area contributed by atoms with Gasteiger partial charge in [-0.15, -0.1) is 0 Å². The van der Waals surface area contributed by atoms with E-state index in [0.717, 1.165) is 5.56 Å². The lowest BCUT2D eigenvalue weighted by Gasteiger charge is -2.05. The van der Waals surface area contributed by atoms with Gasteiger partial charge in [-0.2, -0.15) is 0 Å². The highest BCUT2D eigenvalue weighted by Crippen LogP contribution is 2.12. The van der Waals surface area contributed by atoms with Crippen molar-refractivity contribution in [1.82, 2.24) is 4.98 Å². The Morgan fingerprint density at radius 3 is 2.80 bits per heavy atom. The molecule has 76 valence electrons. The van der Waals surface area contributed by atoms with E-state index < -0.39 is 11.4 Å². The topological polar surface area (TPSA) is 73.0 Å². The first-order valence-corrected chi connectivity index (χ1v) is 4.43. The predicted molar refractivity (Wildman–Crippen MR) is 53.6 cm³/mol. The first kappa shape index (κ1) is 9.45. The Morgan fingerprint density at radius 2 is 2.13 bits per heavy atom. The van der Waals surface area contributed by atoms with Crippen molar-refractivity contribution < 1.29 is 9.90 Å². The number of aromatic nitrogens is 1. The van der Waals surface area contributed by atoms with Crippen LogP contribution in [0.1, 0.15) is 15.9 Å². The van der Waals surface area contributed by atoms with E-state index in [1.165, 1.54) is 6.20 Å². The van der Waals surface area contributed by atoms with Crippen LogP contribution in [0.25, 0.3) is 10.9 Å². The summed E-state index contributed by atoms with van der Waals surface area (Å²) >= 11 is 0. The maximum atomic E-state index is 11.7. The Bertz CT molecular complexity index is 598. The van der Waals surface area contributed by atoms with Crippen molar-refractivity contribution in [1.29, 1.82) is 0 Å². The number of aryl methyl sites for hydroxylation is 1. The second-order valence-corrected chi connectivity index (χ2v) is 3.32. The van der Waals surface area contributed by atoms with Gasteiger partial charge in [0.15, 0.2) is 5.43 Å². The summed E-state index contributed by atoms with van der Waals surface area (Å²) in [6, 6.07) is 5.15. The standard InChI is InChI=1S/C11H9NO3/c1-6-3-2-4-7-9(6)12-5-8(10(7)13)11(14)15/h2-5H,1H3,(H,12,13)(H,14,15)/p-1. The summed E-state index contributed by atoms with van der Waals surface area (Å²) in [6.45, 7) is 1.84. The molecule has 4 heteroatoms. The summed E-state index contributed by atoms with van der Waals surface area (Å²) in [6.07, 6.45) is 1.17. The van der Waals surface area contributed by atoms with E-state index in [4.69, 9.17) is 0 Å². The Balaban J connectivity index is 2.92. The quantitative estimate of drug-likeness (QED) is 0.717. The minimum absolute atomic E-state index is 0.340. The van der Waals surface area contributed by atoms with Gasteiger partial charge in [-0.1, -0.05) is 12.1 Å². The van der Waals surface area contributed by atoms with Crippen LogP contribution < -0.4 is 10.5 Å². The zero-order valence-electron chi connectivity index (χ0n) is 8.03. The molecule has 1 aromatic heterocycles. The molecule has 4 nitrogen and oxygen atoms in total. The minimum atomic E-state index is -1.46. The number of pyridine rings is 1. The number of benzene rings is 1. The van der Waals surface area contributed by atoms with Crippen molar-refractivity contribution in [3.05, 3.63) is 45.7 Å². The number of carbonyl (C=O) groups is 1. The Hall–Kier alpha value is -2.10. The van der Waals surface area contributed by atoms with Gasteiger partial charge < -0.3 is 14.9 Å². The van der Waals surface area contributed by atoms with E-state index in [2.05, 4.69) is 4.98 Å². The molecule has 1 heterocycles. The monoisotopic (exact) mass is 202 g/mol. The molecule has 1 aromatic carbocycles. The smallest absolute Gasteiger partial charge is 0.198 e. The third kappa shape index (κ3) is 1.40. The summed E-state index contributed by atoms with van der Waals surface area (Å²) in [5, 5.41) is 11.0. The number of H-pyrrole nitrogens is 1. The molecular formula is C11H8NO3-. The van der Waals surface area contributed by atoms with Crippen LogP contribution in [-0.2, 0) is 0 Å². The van der Waals surface area contributed by atoms with Crippen LogP contribution in [0.2, 0.25) is 0 Å². The molecule has 0 spiro atoms. The Labute approximate surface area is 85.2 Å². The molecule has 2 rings (SSSR count). The number of carboxylic acids is 1. The molecule has 0 saturated heterocycles. The van der Waals surface area contributed by atoms with Crippen LogP contribution in [0.4, 0.5) is 0 Å². The normalized spacial score (nSPS) is 10.5. The van der Waals surface area contributed by atoms with Gasteiger partial charge in [0.25, 0.3) is 0 Å². The number of fused-ring (bicyclic) bond motifs is 1. The number of carboxylic acid groups (broad SMARTS) is 1. The van der Waals surface area contributed by atoms with Crippen LogP contribution in [0.3, 0.4) is 0 Å². The zero-order valence-corrected chi connectivity index (χ0v) is 8.03. The SMILES string of the molecule is Cc1cccc2c(=O)c(C(=O)[O-])c[nH]c12. The molecule has 0 radical (unpaired) electrons. The van der Waals surface area contributed by atoms with E-state index >= 15 is 0 Å². The highest BCUT2D eigenvalue weighted by molar-refractivity contribution is 5.91. The molecule has 0 aliphatic heterocycles. The van der Waals surface area contributed by atoms with E-state index in [-0.39, 0.29) is 5.56 Å². The van der Waals surface area contributed by atoms with Crippen molar-refractivity contribution in [2.24, 2.45) is 0 Å². The molecule has 0 atom stereocenters. The fourth-order valence-corrected chi connectivity index (χ4v) is 1.56. The molecule has 0 fully saturated rings. The summed E-state index contributed by atoms with van der Waals surface area (Å²) in [4.78, 5) is 25.1. The van der Waals surface area contributed by atoms with Gasteiger partial charge >= 0.3 is 0 Å². The molecule has 2 aromatic rings. The van der Waals surface area contributed by atoms with Crippen LogP contribution in [0.5, 0.6) is 0 Å². The largest absolute Gasteiger partial charge is 0.545 e. The van der Waals surface area contributed by atoms with E-state index in [9.17, 15) is 14.7 Å². The summed E-state index contributed by atoms with van der Waals surface area (Å²) in [7, 11) is 0. The number of para-hydroxylation sites is 1. The van der Waals surface area contributed by atoms with E-state index in [1.807, 2.05) is 13.0 Å². The van der Waals surface area contributed by atoms with Crippen molar-refractivity contribution in [2.45, 2.75) is 6.92 Å². The highest BCUT2D eigenvalue weighted by Gasteiger charge is 2.06. The molecule has 0 aliphatic rings. The maximum Gasteiger partial charge on any atom is 0.198 e. The Kier molecular flexibility index (Phi) is 2.04. The van der Waals surface area contributed by atoms with Gasteiger partial charge in [-0.3, -0.25) is 4.79 Å². The third-order valence-electron chi connectivity index (χ3n) is 2.34. The van der Waals surface area contributed by atoms with Gasteiger partial charge in [0, 0.05) is 11.6 Å². The van der Waals surface area contributed by atoms with Crippen molar-refractivity contribution in [3.63, 3.8) is 0 Å². The number of aromatic carboxylic acids is 1. The van der Waals surface area contributed by atoms with Gasteiger partial charge in [0.1, 0.15) is 0 Å². The summed E-state index contributed by atoms with van der Waals surface area (Å²) in [5.74, 6) is -1.46. The van der Waals surface area contributed by atoms with Gasteiger partial charge in [-0.25, -0.2) is 0 Å². The number of hydrogen-bond donors (Lipinski definition) is 1. The molecule has 0 saturated carbocycles. The van der Waals surface area contributed by atoms with Crippen molar-refractivity contribution >= 4 is 16.9 Å².